The van der Waals surface area contributed by atoms with Gasteiger partial charge in [0.05, 0.1) is 0 Å². The average Bonchev–Trinajstić information content (AvgIpc) is 3.24. The summed E-state index contributed by atoms with van der Waals surface area (Å²) in [5, 5.41) is 2.76. The predicted octanol–water partition coefficient (Wildman–Crippen LogP) is 5.31. The van der Waals surface area contributed by atoms with Crippen LogP contribution in [-0.2, 0) is 6.61 Å². The topological polar surface area (TPSA) is 64.4 Å². The zero-order valence-corrected chi connectivity index (χ0v) is 15.3. The van der Waals surface area contributed by atoms with Crippen molar-refractivity contribution in [1.29, 1.82) is 0 Å². The van der Waals surface area contributed by atoms with E-state index in [9.17, 15) is 9.18 Å². The van der Waals surface area contributed by atoms with Gasteiger partial charge in [-0.1, -0.05) is 42.5 Å². The number of rotatable bonds is 6. The number of ether oxygens (including phenoxy) is 1. The molecular formula is C23H17FN2O3. The van der Waals surface area contributed by atoms with Crippen molar-refractivity contribution in [2.24, 2.45) is 0 Å². The van der Waals surface area contributed by atoms with Crippen LogP contribution in [0.15, 0.2) is 89.7 Å². The molecule has 0 unspecified atom stereocenters. The van der Waals surface area contributed by atoms with E-state index in [1.54, 1.807) is 36.4 Å². The fraction of sp³-hybridized carbons (Fsp3) is 0.0435. The molecule has 0 saturated carbocycles. The molecule has 29 heavy (non-hydrogen) atoms. The minimum Gasteiger partial charge on any atom is -0.489 e. The number of nitrogens with one attached hydrogen (secondary N) is 1. The first kappa shape index (κ1) is 18.4. The Morgan fingerprint density at radius 2 is 1.79 bits per heavy atom. The lowest BCUT2D eigenvalue weighted by Crippen LogP contribution is -2.13. The number of nitrogens with zero attached hydrogens (tertiary/aromatic N) is 1. The standard InChI is InChI=1S/C23H17FN2O3/c24-18-8-4-7-17(13-18)22-21(25-15-29-22)23(27)26-19-9-11-20(12-10-19)28-14-16-5-2-1-3-6-16/h1-13,15H,14H2,(H,26,27). The molecule has 0 spiro atoms. The number of amides is 1. The molecular weight excluding hydrogens is 371 g/mol. The molecule has 0 bridgehead atoms. The molecule has 0 radical (unpaired) electrons. The van der Waals surface area contributed by atoms with Crippen LogP contribution in [0.25, 0.3) is 11.3 Å². The number of aromatic nitrogens is 1. The third-order valence-electron chi connectivity index (χ3n) is 4.23. The second-order valence-corrected chi connectivity index (χ2v) is 6.29. The summed E-state index contributed by atoms with van der Waals surface area (Å²) in [4.78, 5) is 16.6. The molecule has 5 nitrogen and oxygen atoms in total. The highest BCUT2D eigenvalue weighted by molar-refractivity contribution is 6.06. The minimum absolute atomic E-state index is 0.0833. The average molecular weight is 388 g/mol. The Kier molecular flexibility index (Phi) is 5.33. The van der Waals surface area contributed by atoms with E-state index in [0.29, 0.717) is 23.6 Å². The summed E-state index contributed by atoms with van der Waals surface area (Å²) < 4.78 is 24.5. The number of hydrogen-bond acceptors (Lipinski definition) is 4. The molecule has 0 aliphatic rings. The highest BCUT2D eigenvalue weighted by Gasteiger charge is 2.18. The van der Waals surface area contributed by atoms with E-state index in [2.05, 4.69) is 10.3 Å². The van der Waals surface area contributed by atoms with E-state index in [1.165, 1.54) is 12.1 Å². The number of hydrogen-bond donors (Lipinski definition) is 1. The van der Waals surface area contributed by atoms with Gasteiger partial charge in [0.2, 0.25) is 0 Å². The van der Waals surface area contributed by atoms with E-state index < -0.39 is 11.7 Å². The normalized spacial score (nSPS) is 10.5. The molecule has 6 heteroatoms. The van der Waals surface area contributed by atoms with Crippen molar-refractivity contribution in [1.82, 2.24) is 4.98 Å². The van der Waals surface area contributed by atoms with E-state index in [4.69, 9.17) is 9.15 Å². The Morgan fingerprint density at radius 1 is 1.00 bits per heavy atom. The van der Waals surface area contributed by atoms with E-state index in [1.807, 2.05) is 30.3 Å². The van der Waals surface area contributed by atoms with Crippen LogP contribution < -0.4 is 10.1 Å². The lowest BCUT2D eigenvalue weighted by molar-refractivity contribution is 0.102. The van der Waals surface area contributed by atoms with Crippen LogP contribution in [0.1, 0.15) is 16.1 Å². The smallest absolute Gasteiger partial charge is 0.278 e. The van der Waals surface area contributed by atoms with Crippen molar-refractivity contribution in [3.8, 4) is 17.1 Å². The summed E-state index contributed by atoms with van der Waals surface area (Å²) in [6.45, 7) is 0.461. The van der Waals surface area contributed by atoms with Crippen molar-refractivity contribution >= 4 is 11.6 Å². The van der Waals surface area contributed by atoms with Crippen molar-refractivity contribution in [3.05, 3.63) is 102 Å². The van der Waals surface area contributed by atoms with Gasteiger partial charge in [-0.25, -0.2) is 9.37 Å². The Labute approximate surface area is 166 Å². The molecule has 0 aliphatic heterocycles. The third-order valence-corrected chi connectivity index (χ3v) is 4.23. The summed E-state index contributed by atoms with van der Waals surface area (Å²) in [6.07, 6.45) is 1.16. The van der Waals surface area contributed by atoms with Gasteiger partial charge in [0, 0.05) is 11.3 Å². The van der Waals surface area contributed by atoms with E-state index >= 15 is 0 Å². The maximum Gasteiger partial charge on any atom is 0.278 e. The zero-order chi connectivity index (χ0) is 20.1. The van der Waals surface area contributed by atoms with Gasteiger partial charge >= 0.3 is 0 Å². The number of benzene rings is 3. The molecule has 4 rings (SSSR count). The zero-order valence-electron chi connectivity index (χ0n) is 15.3. The SMILES string of the molecule is O=C(Nc1ccc(OCc2ccccc2)cc1)c1ncoc1-c1cccc(F)c1. The van der Waals surface area contributed by atoms with E-state index in [0.717, 1.165) is 12.0 Å². The number of oxazole rings is 1. The summed E-state index contributed by atoms with van der Waals surface area (Å²) in [5.41, 5.74) is 2.17. The lowest BCUT2D eigenvalue weighted by Gasteiger charge is -2.08. The Bertz CT molecular complexity index is 1110. The summed E-state index contributed by atoms with van der Waals surface area (Å²) in [5.74, 6) is 0.0332. The molecule has 0 aliphatic carbocycles. The fourth-order valence-electron chi connectivity index (χ4n) is 2.81. The third kappa shape index (κ3) is 4.50. The molecule has 0 atom stereocenters. The Balaban J connectivity index is 1.42. The molecule has 1 heterocycles. The number of anilines is 1. The molecule has 1 N–H and O–H groups in total. The van der Waals surface area contributed by atoms with Crippen LogP contribution in [0.2, 0.25) is 0 Å². The highest BCUT2D eigenvalue weighted by atomic mass is 19.1. The molecule has 1 aromatic heterocycles. The summed E-state index contributed by atoms with van der Waals surface area (Å²) in [7, 11) is 0. The Morgan fingerprint density at radius 3 is 2.55 bits per heavy atom. The molecule has 0 fully saturated rings. The van der Waals surface area contributed by atoms with Crippen LogP contribution >= 0.6 is 0 Å². The van der Waals surface area contributed by atoms with Crippen molar-refractivity contribution < 1.29 is 18.3 Å². The van der Waals surface area contributed by atoms with Crippen LogP contribution in [0.4, 0.5) is 10.1 Å². The van der Waals surface area contributed by atoms with Crippen molar-refractivity contribution in [2.75, 3.05) is 5.32 Å². The van der Waals surface area contributed by atoms with Gasteiger partial charge in [0.15, 0.2) is 17.8 Å². The van der Waals surface area contributed by atoms with Gasteiger partial charge < -0.3 is 14.5 Å². The molecule has 4 aromatic rings. The van der Waals surface area contributed by atoms with Crippen LogP contribution in [0.5, 0.6) is 5.75 Å². The molecule has 3 aromatic carbocycles. The fourth-order valence-corrected chi connectivity index (χ4v) is 2.81. The maximum absolute atomic E-state index is 13.5. The van der Waals surface area contributed by atoms with Gasteiger partial charge in [0.1, 0.15) is 18.2 Å². The van der Waals surface area contributed by atoms with Gasteiger partial charge in [-0.15, -0.1) is 0 Å². The molecule has 1 amide bonds. The predicted molar refractivity (Wildman–Crippen MR) is 107 cm³/mol. The second-order valence-electron chi connectivity index (χ2n) is 6.29. The first-order chi connectivity index (χ1) is 14.2. The lowest BCUT2D eigenvalue weighted by atomic mass is 10.1. The van der Waals surface area contributed by atoms with Crippen LogP contribution in [0, 0.1) is 5.82 Å². The van der Waals surface area contributed by atoms with Crippen molar-refractivity contribution in [3.63, 3.8) is 0 Å². The summed E-state index contributed by atoms with van der Waals surface area (Å²) in [6, 6.07) is 22.7. The highest BCUT2D eigenvalue weighted by Crippen LogP contribution is 2.25. The second kappa shape index (κ2) is 8.39. The largest absolute Gasteiger partial charge is 0.489 e. The monoisotopic (exact) mass is 388 g/mol. The Hall–Kier alpha value is -3.93. The molecule has 0 saturated heterocycles. The first-order valence-corrected chi connectivity index (χ1v) is 8.96. The van der Waals surface area contributed by atoms with Crippen LogP contribution in [0.3, 0.4) is 0 Å². The van der Waals surface area contributed by atoms with Gasteiger partial charge in [-0.3, -0.25) is 4.79 Å². The van der Waals surface area contributed by atoms with Gasteiger partial charge in [-0.05, 0) is 42.0 Å². The summed E-state index contributed by atoms with van der Waals surface area (Å²) >= 11 is 0. The van der Waals surface area contributed by atoms with Crippen LogP contribution in [-0.4, -0.2) is 10.9 Å². The quantitative estimate of drug-likeness (QED) is 0.486. The van der Waals surface area contributed by atoms with Crippen molar-refractivity contribution in [2.45, 2.75) is 6.61 Å². The van der Waals surface area contributed by atoms with E-state index in [-0.39, 0.29) is 11.5 Å². The maximum atomic E-state index is 13.5. The first-order valence-electron chi connectivity index (χ1n) is 8.96. The van der Waals surface area contributed by atoms with Gasteiger partial charge in [-0.2, -0.15) is 0 Å². The number of carbonyl (C=O) groups is 1. The number of halogens is 1. The molecule has 144 valence electrons. The minimum atomic E-state index is -0.448. The van der Waals surface area contributed by atoms with Gasteiger partial charge in [0.25, 0.3) is 5.91 Å². The number of carbonyl (C=O) groups excluding carboxylic acids is 1.